The number of carbonyl (C=O) groups excluding carboxylic acids is 1. The van der Waals surface area contributed by atoms with Gasteiger partial charge < -0.3 is 10.1 Å². The number of ether oxygens (including phenoxy) is 1. The molecule has 0 fully saturated rings. The third-order valence-electron chi connectivity index (χ3n) is 3.66. The number of aromatic amines is 1. The zero-order valence-electron chi connectivity index (χ0n) is 14.2. The molecule has 0 aliphatic heterocycles. The van der Waals surface area contributed by atoms with Gasteiger partial charge in [-0.3, -0.25) is 14.6 Å². The van der Waals surface area contributed by atoms with Crippen LogP contribution in [0.5, 0.6) is 5.75 Å². The maximum absolute atomic E-state index is 12.5. The molecule has 0 unspecified atom stereocenters. The first-order valence-electron chi connectivity index (χ1n) is 7.95. The van der Waals surface area contributed by atoms with Crippen molar-refractivity contribution in [2.75, 3.05) is 0 Å². The second kappa shape index (κ2) is 7.91. The molecule has 3 rings (SSSR count). The van der Waals surface area contributed by atoms with Gasteiger partial charge in [-0.05, 0) is 24.3 Å². The summed E-state index contributed by atoms with van der Waals surface area (Å²) in [6, 6.07) is 9.98. The van der Waals surface area contributed by atoms with Gasteiger partial charge in [0.1, 0.15) is 11.3 Å². The lowest BCUT2D eigenvalue weighted by atomic mass is 10.1. The highest BCUT2D eigenvalue weighted by atomic mass is 19.4. The van der Waals surface area contributed by atoms with Crippen molar-refractivity contribution in [1.29, 1.82) is 0 Å². The molecule has 10 heteroatoms. The van der Waals surface area contributed by atoms with E-state index in [-0.39, 0.29) is 17.7 Å². The molecule has 2 heterocycles. The van der Waals surface area contributed by atoms with Crippen LogP contribution in [0.3, 0.4) is 0 Å². The van der Waals surface area contributed by atoms with E-state index in [1.807, 2.05) is 0 Å². The molecule has 0 aliphatic rings. The molecule has 3 aromatic rings. The number of para-hydroxylation sites is 1. The molecule has 144 valence electrons. The summed E-state index contributed by atoms with van der Waals surface area (Å²) in [5, 5.41) is 8.52. The van der Waals surface area contributed by atoms with Crippen molar-refractivity contribution in [1.82, 2.24) is 20.5 Å². The average Bonchev–Trinajstić information content (AvgIpc) is 2.67. The fourth-order valence-electron chi connectivity index (χ4n) is 2.39. The molecule has 0 radical (unpaired) electrons. The van der Waals surface area contributed by atoms with Crippen molar-refractivity contribution in [3.8, 4) is 17.0 Å². The van der Waals surface area contributed by atoms with E-state index in [4.69, 9.17) is 0 Å². The summed E-state index contributed by atoms with van der Waals surface area (Å²) in [5.74, 6) is -1.20. The van der Waals surface area contributed by atoms with E-state index in [1.54, 1.807) is 12.1 Å². The van der Waals surface area contributed by atoms with E-state index in [0.717, 1.165) is 6.07 Å². The fraction of sp³-hybridized carbons (Fsp3) is 0.111. The van der Waals surface area contributed by atoms with Gasteiger partial charge in [-0.25, -0.2) is 5.10 Å². The normalized spacial score (nSPS) is 11.1. The summed E-state index contributed by atoms with van der Waals surface area (Å²) in [6.45, 7) is -0.266. The number of hydrogen-bond acceptors (Lipinski definition) is 5. The molecule has 0 bridgehead atoms. The van der Waals surface area contributed by atoms with Gasteiger partial charge in [0.25, 0.3) is 11.5 Å². The summed E-state index contributed by atoms with van der Waals surface area (Å²) in [7, 11) is 0. The Bertz CT molecular complexity index is 1040. The number of aromatic nitrogens is 3. The average molecular weight is 390 g/mol. The standard InChI is InChI=1S/C18H13F3N4O3/c19-18(20,21)28-15-4-2-1-3-12(15)10-23-16(26)13-9-14(24-25-17(13)27)11-5-7-22-8-6-11/h1-9H,10H2,(H,23,26)(H,25,27). The molecule has 0 saturated heterocycles. The van der Waals surface area contributed by atoms with Gasteiger partial charge in [-0.15, -0.1) is 13.2 Å². The highest BCUT2D eigenvalue weighted by Crippen LogP contribution is 2.26. The predicted octanol–water partition coefficient (Wildman–Crippen LogP) is 2.66. The topological polar surface area (TPSA) is 97.0 Å². The van der Waals surface area contributed by atoms with E-state index in [9.17, 15) is 22.8 Å². The van der Waals surface area contributed by atoms with Gasteiger partial charge in [-0.1, -0.05) is 18.2 Å². The number of hydrogen-bond donors (Lipinski definition) is 2. The lowest BCUT2D eigenvalue weighted by molar-refractivity contribution is -0.274. The highest BCUT2D eigenvalue weighted by Gasteiger charge is 2.32. The Hall–Kier alpha value is -3.69. The van der Waals surface area contributed by atoms with Crippen molar-refractivity contribution >= 4 is 5.91 Å². The first-order chi connectivity index (χ1) is 13.3. The molecule has 0 aliphatic carbocycles. The van der Waals surface area contributed by atoms with Gasteiger partial charge in [0, 0.05) is 30.1 Å². The molecule has 1 amide bonds. The van der Waals surface area contributed by atoms with Crippen molar-refractivity contribution in [2.45, 2.75) is 12.9 Å². The van der Waals surface area contributed by atoms with Crippen LogP contribution < -0.4 is 15.6 Å². The number of alkyl halides is 3. The van der Waals surface area contributed by atoms with Gasteiger partial charge >= 0.3 is 6.36 Å². The molecule has 7 nitrogen and oxygen atoms in total. The van der Waals surface area contributed by atoms with Crippen LogP contribution in [-0.4, -0.2) is 27.5 Å². The van der Waals surface area contributed by atoms with Crippen LogP contribution in [0, 0.1) is 0 Å². The number of H-pyrrole nitrogens is 1. The summed E-state index contributed by atoms with van der Waals surface area (Å²) in [6.07, 6.45) is -1.80. The Morgan fingerprint density at radius 1 is 1.14 bits per heavy atom. The van der Waals surface area contributed by atoms with E-state index in [2.05, 4.69) is 25.2 Å². The van der Waals surface area contributed by atoms with Crippen LogP contribution in [0.15, 0.2) is 59.7 Å². The molecule has 0 spiro atoms. The van der Waals surface area contributed by atoms with Gasteiger partial charge in [0.2, 0.25) is 0 Å². The maximum Gasteiger partial charge on any atom is 0.573 e. The molecular formula is C18H13F3N4O3. The number of halogens is 3. The number of pyridine rings is 1. The second-order valence-corrected chi connectivity index (χ2v) is 5.57. The maximum atomic E-state index is 12.5. The summed E-state index contributed by atoms with van der Waals surface area (Å²) >= 11 is 0. The first-order valence-corrected chi connectivity index (χ1v) is 7.95. The Morgan fingerprint density at radius 3 is 2.57 bits per heavy atom. The molecule has 2 aromatic heterocycles. The zero-order chi connectivity index (χ0) is 20.1. The summed E-state index contributed by atoms with van der Waals surface area (Å²) in [5.41, 5.74) is 0.122. The van der Waals surface area contributed by atoms with Gasteiger partial charge in [0.05, 0.1) is 5.69 Å². The number of rotatable bonds is 5. The molecular weight excluding hydrogens is 377 g/mol. The van der Waals surface area contributed by atoms with Crippen molar-refractivity contribution in [2.24, 2.45) is 0 Å². The molecule has 2 N–H and O–H groups in total. The van der Waals surface area contributed by atoms with E-state index < -0.39 is 23.6 Å². The number of amides is 1. The third-order valence-corrected chi connectivity index (χ3v) is 3.66. The van der Waals surface area contributed by atoms with Crippen LogP contribution in [0.4, 0.5) is 13.2 Å². The van der Waals surface area contributed by atoms with Crippen molar-refractivity contribution in [3.63, 3.8) is 0 Å². The lowest BCUT2D eigenvalue weighted by Gasteiger charge is -2.13. The third kappa shape index (κ3) is 4.72. The van der Waals surface area contributed by atoms with Crippen molar-refractivity contribution in [3.05, 3.63) is 76.3 Å². The van der Waals surface area contributed by atoms with Gasteiger partial charge in [0.15, 0.2) is 0 Å². The lowest BCUT2D eigenvalue weighted by Crippen LogP contribution is -2.30. The zero-order valence-corrected chi connectivity index (χ0v) is 14.2. The Morgan fingerprint density at radius 2 is 1.86 bits per heavy atom. The Balaban J connectivity index is 1.79. The quantitative estimate of drug-likeness (QED) is 0.698. The van der Waals surface area contributed by atoms with E-state index in [0.29, 0.717) is 11.3 Å². The van der Waals surface area contributed by atoms with Gasteiger partial charge in [-0.2, -0.15) is 5.10 Å². The van der Waals surface area contributed by atoms with E-state index >= 15 is 0 Å². The number of carbonyl (C=O) groups is 1. The van der Waals surface area contributed by atoms with Crippen molar-refractivity contribution < 1.29 is 22.7 Å². The number of benzene rings is 1. The second-order valence-electron chi connectivity index (χ2n) is 5.57. The van der Waals surface area contributed by atoms with Crippen LogP contribution in [0.2, 0.25) is 0 Å². The minimum absolute atomic E-state index is 0.105. The SMILES string of the molecule is O=C(NCc1ccccc1OC(F)(F)F)c1cc(-c2ccncc2)n[nH]c1=O. The highest BCUT2D eigenvalue weighted by molar-refractivity contribution is 5.94. The minimum atomic E-state index is -4.86. The predicted molar refractivity (Wildman–Crippen MR) is 92.4 cm³/mol. The van der Waals surface area contributed by atoms with Crippen LogP contribution in [0.1, 0.15) is 15.9 Å². The van der Waals surface area contributed by atoms with Crippen LogP contribution >= 0.6 is 0 Å². The fourth-order valence-corrected chi connectivity index (χ4v) is 2.39. The molecule has 28 heavy (non-hydrogen) atoms. The monoisotopic (exact) mass is 390 g/mol. The minimum Gasteiger partial charge on any atom is -0.405 e. The van der Waals surface area contributed by atoms with Crippen LogP contribution in [0.25, 0.3) is 11.3 Å². The first kappa shape index (κ1) is 19.1. The largest absolute Gasteiger partial charge is 0.573 e. The molecule has 0 saturated carbocycles. The van der Waals surface area contributed by atoms with Crippen LogP contribution in [-0.2, 0) is 6.54 Å². The van der Waals surface area contributed by atoms with E-state index in [1.165, 1.54) is 36.7 Å². The number of nitrogens with zero attached hydrogens (tertiary/aromatic N) is 2. The Kier molecular flexibility index (Phi) is 5.39. The molecule has 1 aromatic carbocycles. The summed E-state index contributed by atoms with van der Waals surface area (Å²) < 4.78 is 41.4. The smallest absolute Gasteiger partial charge is 0.405 e. The summed E-state index contributed by atoms with van der Waals surface area (Å²) in [4.78, 5) is 28.2. The Labute approximate surface area is 156 Å². The molecule has 0 atom stereocenters. The number of nitrogens with one attached hydrogen (secondary N) is 2.